The SMILES string of the molecule is CCCNc1ncc(F)cc1C(=O)N1CCC(OC)CC1. The second-order valence-electron chi connectivity index (χ2n) is 5.20. The number of nitrogens with one attached hydrogen (secondary N) is 1. The van der Waals surface area contributed by atoms with Gasteiger partial charge < -0.3 is 15.0 Å². The summed E-state index contributed by atoms with van der Waals surface area (Å²) in [7, 11) is 1.69. The first-order chi connectivity index (χ1) is 10.2. The van der Waals surface area contributed by atoms with Crippen LogP contribution in [0.25, 0.3) is 0 Å². The van der Waals surface area contributed by atoms with Crippen molar-refractivity contribution in [2.24, 2.45) is 0 Å². The van der Waals surface area contributed by atoms with Gasteiger partial charge in [-0.1, -0.05) is 6.92 Å². The van der Waals surface area contributed by atoms with E-state index in [9.17, 15) is 9.18 Å². The van der Waals surface area contributed by atoms with E-state index >= 15 is 0 Å². The van der Waals surface area contributed by atoms with Gasteiger partial charge in [-0.15, -0.1) is 0 Å². The Balaban J connectivity index is 2.12. The van der Waals surface area contributed by atoms with Crippen LogP contribution >= 0.6 is 0 Å². The van der Waals surface area contributed by atoms with Crippen molar-refractivity contribution in [3.8, 4) is 0 Å². The Hall–Kier alpha value is -1.69. The maximum Gasteiger partial charge on any atom is 0.257 e. The molecule has 0 aliphatic carbocycles. The van der Waals surface area contributed by atoms with Crippen LogP contribution in [-0.4, -0.2) is 48.6 Å². The van der Waals surface area contributed by atoms with Crippen LogP contribution in [0.1, 0.15) is 36.5 Å². The molecule has 0 aromatic carbocycles. The summed E-state index contributed by atoms with van der Waals surface area (Å²) in [5.41, 5.74) is 0.305. The topological polar surface area (TPSA) is 54.5 Å². The van der Waals surface area contributed by atoms with Gasteiger partial charge in [0.25, 0.3) is 5.91 Å². The van der Waals surface area contributed by atoms with E-state index in [4.69, 9.17) is 4.74 Å². The lowest BCUT2D eigenvalue weighted by molar-refractivity contribution is 0.0351. The molecule has 1 aromatic rings. The fraction of sp³-hybridized carbons (Fsp3) is 0.600. The molecule has 116 valence electrons. The minimum absolute atomic E-state index is 0.171. The van der Waals surface area contributed by atoms with Crippen LogP contribution in [0.15, 0.2) is 12.3 Å². The molecule has 0 radical (unpaired) electrons. The number of carbonyl (C=O) groups is 1. The Morgan fingerprint density at radius 1 is 1.52 bits per heavy atom. The molecule has 1 fully saturated rings. The second-order valence-corrected chi connectivity index (χ2v) is 5.20. The zero-order valence-corrected chi connectivity index (χ0v) is 12.6. The van der Waals surface area contributed by atoms with E-state index in [0.29, 0.717) is 31.0 Å². The molecule has 0 atom stereocenters. The summed E-state index contributed by atoms with van der Waals surface area (Å²) >= 11 is 0. The molecule has 1 aliphatic rings. The Bertz CT molecular complexity index is 488. The first-order valence-electron chi connectivity index (χ1n) is 7.37. The van der Waals surface area contributed by atoms with Gasteiger partial charge in [-0.2, -0.15) is 0 Å². The van der Waals surface area contributed by atoms with Gasteiger partial charge in [0.1, 0.15) is 11.6 Å². The lowest BCUT2D eigenvalue weighted by Gasteiger charge is -2.31. The number of carbonyl (C=O) groups excluding carboxylic acids is 1. The Morgan fingerprint density at radius 2 is 2.24 bits per heavy atom. The maximum absolute atomic E-state index is 13.4. The van der Waals surface area contributed by atoms with E-state index in [1.165, 1.54) is 6.07 Å². The van der Waals surface area contributed by atoms with Crippen LogP contribution in [0.2, 0.25) is 0 Å². The van der Waals surface area contributed by atoms with Crippen LogP contribution in [0.5, 0.6) is 0 Å². The quantitative estimate of drug-likeness (QED) is 0.905. The molecule has 1 aromatic heterocycles. The van der Waals surface area contributed by atoms with Crippen molar-refractivity contribution in [1.82, 2.24) is 9.88 Å². The monoisotopic (exact) mass is 295 g/mol. The minimum Gasteiger partial charge on any atom is -0.381 e. The highest BCUT2D eigenvalue weighted by Crippen LogP contribution is 2.20. The van der Waals surface area contributed by atoms with E-state index in [-0.39, 0.29) is 12.0 Å². The van der Waals surface area contributed by atoms with Gasteiger partial charge in [-0.05, 0) is 25.3 Å². The van der Waals surface area contributed by atoms with Crippen molar-refractivity contribution in [1.29, 1.82) is 0 Å². The summed E-state index contributed by atoms with van der Waals surface area (Å²) in [5.74, 6) is -0.209. The molecule has 0 unspecified atom stereocenters. The average Bonchev–Trinajstić information content (AvgIpc) is 2.53. The second kappa shape index (κ2) is 7.36. The largest absolute Gasteiger partial charge is 0.381 e. The van der Waals surface area contributed by atoms with Gasteiger partial charge in [-0.25, -0.2) is 9.37 Å². The van der Waals surface area contributed by atoms with E-state index in [1.807, 2.05) is 6.92 Å². The van der Waals surface area contributed by atoms with E-state index < -0.39 is 5.82 Å². The maximum atomic E-state index is 13.4. The van der Waals surface area contributed by atoms with Gasteiger partial charge in [0.05, 0.1) is 17.9 Å². The lowest BCUT2D eigenvalue weighted by atomic mass is 10.1. The first-order valence-corrected chi connectivity index (χ1v) is 7.37. The number of hydrogen-bond acceptors (Lipinski definition) is 4. The molecule has 0 spiro atoms. The van der Waals surface area contributed by atoms with Crippen molar-refractivity contribution in [3.63, 3.8) is 0 Å². The predicted octanol–water partition coefficient (Wildman–Crippen LogP) is 2.29. The van der Waals surface area contributed by atoms with Crippen molar-refractivity contribution in [2.45, 2.75) is 32.3 Å². The zero-order valence-electron chi connectivity index (χ0n) is 12.6. The van der Waals surface area contributed by atoms with Crippen molar-refractivity contribution < 1.29 is 13.9 Å². The highest BCUT2D eigenvalue weighted by atomic mass is 19.1. The normalized spacial score (nSPS) is 16.0. The number of amides is 1. The molecular weight excluding hydrogens is 273 g/mol. The Labute approximate surface area is 124 Å². The summed E-state index contributed by atoms with van der Waals surface area (Å²) in [6.45, 7) is 3.97. The standard InChI is InChI=1S/C15H22FN3O2/c1-3-6-17-14-13(9-11(16)10-18-14)15(20)19-7-4-12(21-2)5-8-19/h9-10,12H,3-8H2,1-2H3,(H,17,18). The van der Waals surface area contributed by atoms with Crippen molar-refractivity contribution in [2.75, 3.05) is 32.1 Å². The van der Waals surface area contributed by atoms with Gasteiger partial charge in [0, 0.05) is 26.7 Å². The van der Waals surface area contributed by atoms with Gasteiger partial charge in [-0.3, -0.25) is 4.79 Å². The molecule has 21 heavy (non-hydrogen) atoms. The van der Waals surface area contributed by atoms with Crippen LogP contribution < -0.4 is 5.32 Å². The number of rotatable bonds is 5. The molecule has 0 saturated carbocycles. The van der Waals surface area contributed by atoms with Crippen LogP contribution in [0.3, 0.4) is 0 Å². The number of pyridine rings is 1. The molecule has 5 nitrogen and oxygen atoms in total. The van der Waals surface area contributed by atoms with E-state index in [1.54, 1.807) is 12.0 Å². The van der Waals surface area contributed by atoms with Crippen LogP contribution in [-0.2, 0) is 4.74 Å². The molecule has 2 heterocycles. The summed E-state index contributed by atoms with van der Waals surface area (Å²) in [6.07, 6.45) is 3.86. The van der Waals surface area contributed by atoms with Gasteiger partial charge >= 0.3 is 0 Å². The van der Waals surface area contributed by atoms with Crippen LogP contribution in [0.4, 0.5) is 10.2 Å². The third kappa shape index (κ3) is 3.91. The highest BCUT2D eigenvalue weighted by molar-refractivity contribution is 5.98. The minimum atomic E-state index is -0.493. The number of nitrogens with zero attached hydrogens (tertiary/aromatic N) is 2. The molecule has 1 aliphatic heterocycles. The average molecular weight is 295 g/mol. The molecule has 1 N–H and O–H groups in total. The number of aromatic nitrogens is 1. The summed E-state index contributed by atoms with van der Waals surface area (Å²) in [6, 6.07) is 1.26. The zero-order chi connectivity index (χ0) is 15.2. The van der Waals surface area contributed by atoms with E-state index in [0.717, 1.165) is 25.5 Å². The number of anilines is 1. The summed E-state index contributed by atoms with van der Waals surface area (Å²) < 4.78 is 18.7. The fourth-order valence-corrected chi connectivity index (χ4v) is 2.45. The van der Waals surface area contributed by atoms with Gasteiger partial charge in [0.15, 0.2) is 0 Å². The first kappa shape index (κ1) is 15.7. The van der Waals surface area contributed by atoms with Gasteiger partial charge in [0.2, 0.25) is 0 Å². The Morgan fingerprint density at radius 3 is 2.86 bits per heavy atom. The number of methoxy groups -OCH3 is 1. The lowest BCUT2D eigenvalue weighted by Crippen LogP contribution is -2.41. The third-order valence-electron chi connectivity index (χ3n) is 3.69. The van der Waals surface area contributed by atoms with Crippen LogP contribution in [0, 0.1) is 5.82 Å². The molecule has 6 heteroatoms. The summed E-state index contributed by atoms with van der Waals surface area (Å²) in [4.78, 5) is 18.3. The summed E-state index contributed by atoms with van der Waals surface area (Å²) in [5, 5.41) is 3.08. The number of halogens is 1. The Kier molecular flexibility index (Phi) is 5.50. The van der Waals surface area contributed by atoms with Crippen molar-refractivity contribution >= 4 is 11.7 Å². The fourth-order valence-electron chi connectivity index (χ4n) is 2.45. The number of likely N-dealkylation sites (tertiary alicyclic amines) is 1. The molecule has 0 bridgehead atoms. The molecular formula is C15H22FN3O2. The highest BCUT2D eigenvalue weighted by Gasteiger charge is 2.25. The smallest absolute Gasteiger partial charge is 0.257 e. The predicted molar refractivity (Wildman–Crippen MR) is 78.9 cm³/mol. The molecule has 1 amide bonds. The molecule has 2 rings (SSSR count). The number of hydrogen-bond donors (Lipinski definition) is 1. The number of ether oxygens (including phenoxy) is 1. The van der Waals surface area contributed by atoms with Crippen molar-refractivity contribution in [3.05, 3.63) is 23.6 Å². The third-order valence-corrected chi connectivity index (χ3v) is 3.69. The number of piperidine rings is 1. The molecule has 1 saturated heterocycles. The van der Waals surface area contributed by atoms with E-state index in [2.05, 4.69) is 10.3 Å².